The van der Waals surface area contributed by atoms with Crippen LogP contribution in [0.15, 0.2) is 18.2 Å². The number of benzene rings is 1. The second kappa shape index (κ2) is 4.56. The molecule has 0 amide bonds. The van der Waals surface area contributed by atoms with Gasteiger partial charge in [0.05, 0.1) is 11.1 Å². The number of carbonyl (C=O) groups is 2. The van der Waals surface area contributed by atoms with Gasteiger partial charge in [0.1, 0.15) is 0 Å². The highest BCUT2D eigenvalue weighted by molar-refractivity contribution is 6.39. The van der Waals surface area contributed by atoms with Crippen molar-refractivity contribution in [3.8, 4) is 0 Å². The fourth-order valence-corrected chi connectivity index (χ4v) is 1.21. The zero-order valence-electron chi connectivity index (χ0n) is 8.76. The summed E-state index contributed by atoms with van der Waals surface area (Å²) in [5.74, 6) is -4.00. The molecule has 0 fully saturated rings. The van der Waals surface area contributed by atoms with E-state index in [-0.39, 0.29) is 18.2 Å². The van der Waals surface area contributed by atoms with Crippen molar-refractivity contribution in [3.63, 3.8) is 0 Å². The quantitative estimate of drug-likeness (QED) is 0.516. The summed E-state index contributed by atoms with van der Waals surface area (Å²) in [6, 6.07) is -0.0734. The highest BCUT2D eigenvalue weighted by Gasteiger charge is 2.37. The molecule has 3 nitrogen and oxygen atoms in total. The molecule has 0 heterocycles. The Balaban J connectivity index is 3.50. The summed E-state index contributed by atoms with van der Waals surface area (Å²) in [6.07, 6.45) is -10.3. The Morgan fingerprint density at radius 2 is 1.21 bits per heavy atom. The normalized spacial score (nSPS) is 12.3. The molecule has 9 heteroatoms. The van der Waals surface area contributed by atoms with Crippen LogP contribution in [-0.2, 0) is 17.1 Å². The van der Waals surface area contributed by atoms with Crippen molar-refractivity contribution in [2.45, 2.75) is 12.4 Å². The van der Waals surface area contributed by atoms with E-state index in [1.165, 1.54) is 0 Å². The summed E-state index contributed by atoms with van der Waals surface area (Å²) in [6.45, 7) is 0. The van der Waals surface area contributed by atoms with E-state index in [2.05, 4.69) is 0 Å². The summed E-state index contributed by atoms with van der Waals surface area (Å²) in [4.78, 5) is 21.3. The number of halogens is 6. The zero-order chi connectivity index (χ0) is 15.0. The number of rotatable bonds is 2. The smallest absolute Gasteiger partial charge is 0.416 e. The number of Topliss-reactive ketones (excluding diaryl/α,β-unsaturated/α-hetero) is 1. The minimum Gasteiger partial charge on any atom is -0.475 e. The van der Waals surface area contributed by atoms with E-state index in [1.807, 2.05) is 0 Å². The standard InChI is InChI=1S/C10H4F6O3/c11-9(12,13)5-1-4(7(17)8(18)19)2-6(3-5)10(14,15)16/h1-3H,(H,18,19). The van der Waals surface area contributed by atoms with Gasteiger partial charge in [-0.2, -0.15) is 26.3 Å². The molecule has 0 spiro atoms. The molecule has 0 unspecified atom stereocenters. The average molecular weight is 286 g/mol. The molecule has 1 aromatic rings. The number of carboxylic acid groups (broad SMARTS) is 1. The van der Waals surface area contributed by atoms with Gasteiger partial charge in [-0.25, -0.2) is 4.79 Å². The highest BCUT2D eigenvalue weighted by Crippen LogP contribution is 2.36. The molecule has 1 N–H and O–H groups in total. The fourth-order valence-electron chi connectivity index (χ4n) is 1.21. The topological polar surface area (TPSA) is 54.4 Å². The van der Waals surface area contributed by atoms with Crippen LogP contribution in [-0.4, -0.2) is 16.9 Å². The summed E-state index contributed by atoms with van der Waals surface area (Å²) >= 11 is 0. The van der Waals surface area contributed by atoms with Crippen LogP contribution in [0.4, 0.5) is 26.3 Å². The number of hydrogen-bond donors (Lipinski definition) is 1. The molecule has 0 aliphatic rings. The van der Waals surface area contributed by atoms with Gasteiger partial charge < -0.3 is 5.11 Å². The van der Waals surface area contributed by atoms with E-state index in [1.54, 1.807) is 0 Å². The second-order valence-corrected chi connectivity index (χ2v) is 3.43. The van der Waals surface area contributed by atoms with Crippen LogP contribution in [0.25, 0.3) is 0 Å². The summed E-state index contributed by atoms with van der Waals surface area (Å²) in [5, 5.41) is 8.31. The molecule has 1 aromatic carbocycles. The molecular weight excluding hydrogens is 282 g/mol. The van der Waals surface area contributed by atoms with Crippen LogP contribution in [0.5, 0.6) is 0 Å². The maximum atomic E-state index is 12.4. The third-order valence-electron chi connectivity index (χ3n) is 2.04. The molecule has 0 aromatic heterocycles. The molecule has 0 radical (unpaired) electrons. The van der Waals surface area contributed by atoms with Gasteiger partial charge in [-0.05, 0) is 18.2 Å². The fraction of sp³-hybridized carbons (Fsp3) is 0.200. The summed E-state index contributed by atoms with van der Waals surface area (Å²) < 4.78 is 74.2. The maximum Gasteiger partial charge on any atom is 0.416 e. The monoisotopic (exact) mass is 286 g/mol. The molecular formula is C10H4F6O3. The molecule has 0 bridgehead atoms. The molecule has 1 rings (SSSR count). The Kier molecular flexibility index (Phi) is 3.60. The first-order chi connectivity index (χ1) is 8.43. The van der Waals surface area contributed by atoms with Crippen LogP contribution in [0.2, 0.25) is 0 Å². The van der Waals surface area contributed by atoms with E-state index in [0.717, 1.165) is 0 Å². The van der Waals surface area contributed by atoms with E-state index in [9.17, 15) is 35.9 Å². The molecule has 0 saturated carbocycles. The first-order valence-corrected chi connectivity index (χ1v) is 4.50. The van der Waals surface area contributed by atoms with Crippen molar-refractivity contribution in [3.05, 3.63) is 34.9 Å². The van der Waals surface area contributed by atoms with Crippen LogP contribution >= 0.6 is 0 Å². The largest absolute Gasteiger partial charge is 0.475 e. The van der Waals surface area contributed by atoms with E-state index < -0.39 is 40.8 Å². The van der Waals surface area contributed by atoms with E-state index >= 15 is 0 Å². The summed E-state index contributed by atoms with van der Waals surface area (Å²) in [7, 11) is 0. The Morgan fingerprint density at radius 3 is 1.47 bits per heavy atom. The number of alkyl halides is 6. The average Bonchev–Trinajstić information content (AvgIpc) is 2.24. The number of carbonyl (C=O) groups excluding carboxylic acids is 1. The van der Waals surface area contributed by atoms with Crippen molar-refractivity contribution in [1.82, 2.24) is 0 Å². The van der Waals surface area contributed by atoms with Crippen molar-refractivity contribution in [2.24, 2.45) is 0 Å². The number of ketones is 1. The molecule has 0 aliphatic carbocycles. The maximum absolute atomic E-state index is 12.4. The van der Waals surface area contributed by atoms with Gasteiger partial charge in [-0.15, -0.1) is 0 Å². The van der Waals surface area contributed by atoms with Gasteiger partial charge in [0.25, 0.3) is 5.78 Å². The Hall–Kier alpha value is -2.06. The predicted octanol–water partition coefficient (Wildman–Crippen LogP) is 2.99. The van der Waals surface area contributed by atoms with Crippen molar-refractivity contribution >= 4 is 11.8 Å². The Labute approximate surface area is 101 Å². The lowest BCUT2D eigenvalue weighted by molar-refractivity contribution is -0.143. The van der Waals surface area contributed by atoms with Crippen molar-refractivity contribution in [2.75, 3.05) is 0 Å². The van der Waals surface area contributed by atoms with Gasteiger partial charge in [-0.3, -0.25) is 4.79 Å². The molecule has 0 saturated heterocycles. The van der Waals surface area contributed by atoms with Gasteiger partial charge in [0.2, 0.25) is 0 Å². The minimum absolute atomic E-state index is 0.0612. The zero-order valence-corrected chi connectivity index (χ0v) is 8.76. The Morgan fingerprint density at radius 1 is 0.842 bits per heavy atom. The molecule has 104 valence electrons. The highest BCUT2D eigenvalue weighted by atomic mass is 19.4. The third kappa shape index (κ3) is 3.46. The molecule has 0 atom stereocenters. The molecule has 19 heavy (non-hydrogen) atoms. The van der Waals surface area contributed by atoms with Gasteiger partial charge in [0, 0.05) is 5.56 Å². The Bertz CT molecular complexity index is 497. The van der Waals surface area contributed by atoms with E-state index in [4.69, 9.17) is 5.11 Å². The van der Waals surface area contributed by atoms with E-state index in [0.29, 0.717) is 0 Å². The van der Waals surface area contributed by atoms with Gasteiger partial charge in [-0.1, -0.05) is 0 Å². The first kappa shape index (κ1) is 15.0. The minimum atomic E-state index is -5.13. The lowest BCUT2D eigenvalue weighted by Gasteiger charge is -2.12. The number of hydrogen-bond acceptors (Lipinski definition) is 2. The second-order valence-electron chi connectivity index (χ2n) is 3.43. The number of carboxylic acids is 1. The van der Waals surface area contributed by atoms with Crippen LogP contribution in [0, 0.1) is 0 Å². The SMILES string of the molecule is O=C(O)C(=O)c1cc(C(F)(F)F)cc(C(F)(F)F)c1. The first-order valence-electron chi connectivity index (χ1n) is 4.50. The van der Waals surface area contributed by atoms with Gasteiger partial charge in [0.15, 0.2) is 0 Å². The van der Waals surface area contributed by atoms with Crippen molar-refractivity contribution < 1.29 is 41.0 Å². The predicted molar refractivity (Wildman–Crippen MR) is 48.4 cm³/mol. The lowest BCUT2D eigenvalue weighted by atomic mass is 10.0. The number of aliphatic carboxylic acids is 1. The van der Waals surface area contributed by atoms with Crippen LogP contribution in [0.1, 0.15) is 21.5 Å². The molecule has 0 aliphatic heterocycles. The van der Waals surface area contributed by atoms with Crippen LogP contribution < -0.4 is 0 Å². The summed E-state index contributed by atoms with van der Waals surface area (Å²) in [5.41, 5.74) is -4.67. The van der Waals surface area contributed by atoms with Crippen LogP contribution in [0.3, 0.4) is 0 Å². The third-order valence-corrected chi connectivity index (χ3v) is 2.04. The lowest BCUT2D eigenvalue weighted by Crippen LogP contribution is -2.17. The van der Waals surface area contributed by atoms with Gasteiger partial charge >= 0.3 is 18.3 Å². The van der Waals surface area contributed by atoms with Crippen molar-refractivity contribution in [1.29, 1.82) is 0 Å².